The maximum Gasteiger partial charge on any atom is 0.251 e. The minimum absolute atomic E-state index is 0.0762. The van der Waals surface area contributed by atoms with Crippen LogP contribution in [0.3, 0.4) is 0 Å². The minimum atomic E-state index is 0.0762. The van der Waals surface area contributed by atoms with Gasteiger partial charge in [0.2, 0.25) is 0 Å². The molecule has 2 saturated carbocycles. The molecule has 0 amide bonds. The lowest BCUT2D eigenvalue weighted by Gasteiger charge is -2.50. The van der Waals surface area contributed by atoms with E-state index < -0.39 is 0 Å². The third kappa shape index (κ3) is 8.72. The van der Waals surface area contributed by atoms with Gasteiger partial charge in [0, 0.05) is 34.9 Å². The van der Waals surface area contributed by atoms with Gasteiger partial charge in [0.1, 0.15) is 0 Å². The highest BCUT2D eigenvalue weighted by Gasteiger charge is 2.46. The quantitative estimate of drug-likeness (QED) is 0.230. The molecule has 2 fully saturated rings. The van der Waals surface area contributed by atoms with Crippen LogP contribution in [-0.4, -0.2) is 28.6 Å². The van der Waals surface area contributed by atoms with Crippen molar-refractivity contribution >= 4 is 6.71 Å². The van der Waals surface area contributed by atoms with Crippen molar-refractivity contribution in [2.75, 3.05) is 0 Å². The molecule has 2 heterocycles. The average molecular weight is 649 g/mol. The molecule has 0 N–H and O–H groups in total. The molecule has 4 rings (SSSR count). The first-order valence-corrected chi connectivity index (χ1v) is 19.8. The summed E-state index contributed by atoms with van der Waals surface area (Å²) in [6, 6.07) is 0.973. The molecule has 262 valence electrons. The predicted octanol–water partition coefficient (Wildman–Crippen LogP) is 13.3. The molecule has 0 aromatic rings. The number of allylic oxidation sites excluding steroid dienone is 13. The van der Waals surface area contributed by atoms with Crippen LogP contribution in [0, 0.1) is 5.41 Å². The van der Waals surface area contributed by atoms with Crippen LogP contribution in [0.25, 0.3) is 0 Å². The van der Waals surface area contributed by atoms with Gasteiger partial charge in [-0.25, -0.2) is 0 Å². The Hall–Kier alpha value is -2.68. The van der Waals surface area contributed by atoms with Crippen LogP contribution in [0.5, 0.6) is 0 Å². The average Bonchev–Trinajstić information content (AvgIpc) is 3.00. The predicted molar refractivity (Wildman–Crippen MR) is 214 cm³/mol. The summed E-state index contributed by atoms with van der Waals surface area (Å²) >= 11 is 0. The molecule has 2 aliphatic carbocycles. The molecule has 0 saturated heterocycles. The van der Waals surface area contributed by atoms with Gasteiger partial charge < -0.3 is 9.80 Å². The van der Waals surface area contributed by atoms with Crippen LogP contribution in [-0.2, 0) is 0 Å². The minimum Gasteiger partial charge on any atom is -0.343 e. The zero-order valence-corrected chi connectivity index (χ0v) is 32.4. The maximum absolute atomic E-state index is 4.52. The van der Waals surface area contributed by atoms with E-state index in [0.29, 0.717) is 12.1 Å². The molecule has 0 radical (unpaired) electrons. The fourth-order valence-electron chi connectivity index (χ4n) is 8.73. The Morgan fingerprint density at radius 2 is 1.33 bits per heavy atom. The Morgan fingerprint density at radius 3 is 1.81 bits per heavy atom. The highest BCUT2D eigenvalue weighted by Crippen LogP contribution is 2.48. The van der Waals surface area contributed by atoms with Gasteiger partial charge in [-0.3, -0.25) is 0 Å². The van der Waals surface area contributed by atoms with E-state index >= 15 is 0 Å². The van der Waals surface area contributed by atoms with E-state index in [9.17, 15) is 0 Å². The van der Waals surface area contributed by atoms with Crippen LogP contribution in [0.15, 0.2) is 106 Å². The van der Waals surface area contributed by atoms with Crippen LogP contribution in [0.4, 0.5) is 0 Å². The second-order valence-corrected chi connectivity index (χ2v) is 16.2. The van der Waals surface area contributed by atoms with E-state index in [4.69, 9.17) is 0 Å². The first kappa shape index (κ1) is 38.1. The van der Waals surface area contributed by atoms with Crippen molar-refractivity contribution in [3.8, 4) is 0 Å². The van der Waals surface area contributed by atoms with Crippen molar-refractivity contribution in [2.45, 2.75) is 170 Å². The van der Waals surface area contributed by atoms with E-state index in [-0.39, 0.29) is 12.1 Å². The zero-order chi connectivity index (χ0) is 34.8. The van der Waals surface area contributed by atoms with Gasteiger partial charge in [-0.2, -0.15) is 0 Å². The molecular formula is C45H69BN2. The molecule has 3 heteroatoms. The van der Waals surface area contributed by atoms with Gasteiger partial charge >= 0.3 is 0 Å². The van der Waals surface area contributed by atoms with E-state index in [1.807, 2.05) is 6.08 Å². The SMILES string of the molecule is C=C/C=C1\C2=C(C)N(C3CCCCCCC3)C(/C=C(\C)CCC)=C(/C=C(\C)C(C)(C)C)B2C(/C=C\C)=C(C=C)N1C1CCCCCCC1. The van der Waals surface area contributed by atoms with Crippen LogP contribution >= 0.6 is 0 Å². The number of nitrogens with zero attached hydrogens (tertiary/aromatic N) is 2. The topological polar surface area (TPSA) is 6.48 Å². The first-order valence-electron chi connectivity index (χ1n) is 19.8. The third-order valence-corrected chi connectivity index (χ3v) is 11.6. The highest BCUT2D eigenvalue weighted by atomic mass is 15.2. The third-order valence-electron chi connectivity index (χ3n) is 11.6. The second kappa shape index (κ2) is 17.8. The van der Waals surface area contributed by atoms with Gasteiger partial charge in [-0.1, -0.05) is 147 Å². The molecule has 2 nitrogen and oxygen atoms in total. The summed E-state index contributed by atoms with van der Waals surface area (Å²) in [7, 11) is 0. The number of hydrogen-bond acceptors (Lipinski definition) is 2. The summed E-state index contributed by atoms with van der Waals surface area (Å²) in [5.74, 6) is 0. The van der Waals surface area contributed by atoms with E-state index in [0.717, 1.165) is 6.42 Å². The van der Waals surface area contributed by atoms with Crippen molar-refractivity contribution in [3.05, 3.63) is 106 Å². The van der Waals surface area contributed by atoms with Crippen molar-refractivity contribution in [1.82, 2.24) is 9.80 Å². The highest BCUT2D eigenvalue weighted by molar-refractivity contribution is 6.83. The van der Waals surface area contributed by atoms with Crippen LogP contribution < -0.4 is 0 Å². The normalized spacial score (nSPS) is 23.1. The summed E-state index contributed by atoms with van der Waals surface area (Å²) in [5.41, 5.74) is 12.9. The Labute approximate surface area is 297 Å². The maximum atomic E-state index is 4.52. The molecule has 0 atom stereocenters. The standard InChI is InChI=1S/C45H69BN2/c1-11-25-34(5)32-43-40(33-35(6)45(8,9)10)46-39(26-12-2)41(14-4)48(38-30-23-19-16-20-24-31-38)42(27-13-3)44(46)36(7)47(43)37-28-21-17-15-18-22-29-37/h12-14,26-27,32-33,37-38H,3-4,11,15-25,28-31H2,1-2,5-10H3/b26-12-,34-32+,35-33+,42-27+. The Morgan fingerprint density at radius 1 is 0.792 bits per heavy atom. The molecule has 0 aromatic heterocycles. The lowest BCUT2D eigenvalue weighted by Crippen LogP contribution is -2.49. The lowest BCUT2D eigenvalue weighted by molar-refractivity contribution is 0.250. The van der Waals surface area contributed by atoms with E-state index in [2.05, 4.69) is 115 Å². The van der Waals surface area contributed by atoms with Crippen molar-refractivity contribution in [2.24, 2.45) is 5.41 Å². The summed E-state index contributed by atoms with van der Waals surface area (Å²) in [6.07, 6.45) is 37.1. The molecular weight excluding hydrogens is 579 g/mol. The van der Waals surface area contributed by atoms with E-state index in [1.54, 1.807) is 0 Å². The largest absolute Gasteiger partial charge is 0.343 e. The van der Waals surface area contributed by atoms with Gasteiger partial charge in [0.05, 0.1) is 0 Å². The fourth-order valence-corrected chi connectivity index (χ4v) is 8.73. The Kier molecular flexibility index (Phi) is 14.2. The molecule has 4 aliphatic rings. The summed E-state index contributed by atoms with van der Waals surface area (Å²) < 4.78 is 0. The molecule has 2 aliphatic heterocycles. The van der Waals surface area contributed by atoms with Crippen LogP contribution in [0.2, 0.25) is 0 Å². The van der Waals surface area contributed by atoms with Gasteiger partial charge in [-0.15, -0.1) is 0 Å². The van der Waals surface area contributed by atoms with Crippen molar-refractivity contribution < 1.29 is 0 Å². The summed E-state index contributed by atoms with van der Waals surface area (Å²) in [4.78, 5) is 5.57. The number of rotatable bonds is 9. The molecule has 0 unspecified atom stereocenters. The Balaban J connectivity index is 2.15. The van der Waals surface area contributed by atoms with Gasteiger partial charge in [-0.05, 0) is 99.9 Å². The number of hydrogen-bond donors (Lipinski definition) is 0. The second-order valence-electron chi connectivity index (χ2n) is 16.2. The van der Waals surface area contributed by atoms with Gasteiger partial charge in [0.25, 0.3) is 6.71 Å². The molecule has 48 heavy (non-hydrogen) atoms. The fraction of sp³-hybridized carbons (Fsp3) is 0.600. The summed E-state index contributed by atoms with van der Waals surface area (Å²) in [6.45, 7) is 27.8. The van der Waals surface area contributed by atoms with Crippen molar-refractivity contribution in [1.29, 1.82) is 0 Å². The molecule has 0 aromatic carbocycles. The summed E-state index contributed by atoms with van der Waals surface area (Å²) in [5, 5.41) is 0. The Bertz CT molecular complexity index is 1350. The smallest absolute Gasteiger partial charge is 0.251 e. The molecule has 0 spiro atoms. The number of fused-ring (bicyclic) bond motifs is 1. The van der Waals surface area contributed by atoms with E-state index in [1.165, 1.54) is 147 Å². The van der Waals surface area contributed by atoms with Crippen molar-refractivity contribution in [3.63, 3.8) is 0 Å². The van der Waals surface area contributed by atoms with Gasteiger partial charge in [0.15, 0.2) is 0 Å². The first-order chi connectivity index (χ1) is 23.1. The monoisotopic (exact) mass is 649 g/mol. The lowest BCUT2D eigenvalue weighted by atomic mass is 9.31. The zero-order valence-electron chi connectivity index (χ0n) is 32.4. The molecule has 0 bridgehead atoms. The van der Waals surface area contributed by atoms with Crippen LogP contribution in [0.1, 0.15) is 158 Å².